The Morgan fingerprint density at radius 1 is 1.37 bits per heavy atom. The molecule has 0 radical (unpaired) electrons. The molecule has 0 saturated heterocycles. The summed E-state index contributed by atoms with van der Waals surface area (Å²) in [4.78, 5) is 4.33. The molecule has 1 aliphatic heterocycles. The summed E-state index contributed by atoms with van der Waals surface area (Å²) in [7, 11) is 0. The number of nitrogen functional groups attached to an aromatic ring is 1. The van der Waals surface area contributed by atoms with Gasteiger partial charge in [-0.15, -0.1) is 24.8 Å². The van der Waals surface area contributed by atoms with Crippen molar-refractivity contribution >= 4 is 36.3 Å². The van der Waals surface area contributed by atoms with E-state index >= 15 is 0 Å². The molecule has 0 fully saturated rings. The zero-order valence-electron chi connectivity index (χ0n) is 11.0. The van der Waals surface area contributed by atoms with Gasteiger partial charge in [-0.05, 0) is 26.0 Å². The van der Waals surface area contributed by atoms with E-state index in [2.05, 4.69) is 10.3 Å². The van der Waals surface area contributed by atoms with Crippen molar-refractivity contribution in [3.05, 3.63) is 23.8 Å². The van der Waals surface area contributed by atoms with Crippen LogP contribution >= 0.6 is 24.8 Å². The molecule has 1 aliphatic rings. The molecule has 19 heavy (non-hydrogen) atoms. The average molecular weight is 310 g/mol. The van der Waals surface area contributed by atoms with Gasteiger partial charge in [0.05, 0.1) is 6.54 Å². The van der Waals surface area contributed by atoms with Crippen LogP contribution in [0.25, 0.3) is 0 Å². The van der Waals surface area contributed by atoms with Crippen molar-refractivity contribution in [1.82, 2.24) is 5.32 Å². The highest BCUT2D eigenvalue weighted by Crippen LogP contribution is 2.24. The van der Waals surface area contributed by atoms with E-state index in [1.165, 1.54) is 0 Å². The summed E-state index contributed by atoms with van der Waals surface area (Å²) >= 11 is 0. The zero-order chi connectivity index (χ0) is 11.5. The number of aliphatic imine (C=N–C) groups is 1. The first-order chi connectivity index (χ1) is 7.68. The Bertz CT molecular complexity index is 427. The molecule has 1 atom stereocenters. The molecule has 5 N–H and O–H groups in total. The number of anilines is 1. The first-order valence-electron chi connectivity index (χ1n) is 5.48. The minimum Gasteiger partial charge on any atom is -0.482 e. The molecule has 7 heteroatoms. The first kappa shape index (κ1) is 20.2. The molecule has 0 bridgehead atoms. The maximum Gasteiger partial charge on any atom is 0.152 e. The normalized spacial score (nSPS) is 13.9. The van der Waals surface area contributed by atoms with E-state index in [0.717, 1.165) is 35.9 Å². The topological polar surface area (TPSA) is 91.1 Å². The van der Waals surface area contributed by atoms with Gasteiger partial charge in [0.25, 0.3) is 0 Å². The summed E-state index contributed by atoms with van der Waals surface area (Å²) in [5.74, 6) is 1.74. The van der Waals surface area contributed by atoms with E-state index in [1.54, 1.807) is 0 Å². The average Bonchev–Trinajstić information content (AvgIpc) is 2.78. The van der Waals surface area contributed by atoms with Crippen LogP contribution < -0.4 is 15.8 Å². The van der Waals surface area contributed by atoms with Crippen molar-refractivity contribution in [1.29, 1.82) is 0 Å². The van der Waals surface area contributed by atoms with Crippen molar-refractivity contribution in [2.45, 2.75) is 20.0 Å². The molecule has 0 aliphatic carbocycles. The fraction of sp³-hybridized carbons (Fsp3) is 0.417. The molecule has 0 spiro atoms. The predicted molar refractivity (Wildman–Crippen MR) is 84.1 cm³/mol. The molecule has 1 heterocycles. The van der Waals surface area contributed by atoms with Crippen LogP contribution in [-0.2, 0) is 0 Å². The number of rotatable bonds is 3. The van der Waals surface area contributed by atoms with Gasteiger partial charge in [-0.1, -0.05) is 6.07 Å². The van der Waals surface area contributed by atoms with E-state index in [0.29, 0.717) is 0 Å². The Kier molecular flexibility index (Phi) is 9.39. The Balaban J connectivity index is 0. The quantitative estimate of drug-likeness (QED) is 0.826. The maximum absolute atomic E-state index is 5.84. The number of amidine groups is 1. The zero-order valence-corrected chi connectivity index (χ0v) is 12.6. The highest BCUT2D eigenvalue weighted by atomic mass is 35.5. The molecule has 110 valence electrons. The van der Waals surface area contributed by atoms with Gasteiger partial charge in [-0.25, -0.2) is 0 Å². The molecule has 5 nitrogen and oxygen atoms in total. The predicted octanol–water partition coefficient (Wildman–Crippen LogP) is 1.37. The third-order valence-electron chi connectivity index (χ3n) is 2.71. The number of nitrogens with one attached hydrogen (secondary N) is 1. The van der Waals surface area contributed by atoms with Crippen LogP contribution in [0.1, 0.15) is 12.5 Å². The van der Waals surface area contributed by atoms with Gasteiger partial charge in [0, 0.05) is 17.8 Å². The van der Waals surface area contributed by atoms with Crippen molar-refractivity contribution in [2.75, 3.05) is 18.8 Å². The number of ether oxygens (including phenoxy) is 1. The second kappa shape index (κ2) is 8.85. The van der Waals surface area contributed by atoms with Crippen LogP contribution in [0.2, 0.25) is 0 Å². The van der Waals surface area contributed by atoms with Crippen molar-refractivity contribution in [3.63, 3.8) is 0 Å². The Hall–Kier alpha value is -1.17. The number of nitrogens with two attached hydrogens (primary N) is 1. The van der Waals surface area contributed by atoms with Gasteiger partial charge in [0.1, 0.15) is 11.6 Å². The van der Waals surface area contributed by atoms with Crippen molar-refractivity contribution < 1.29 is 10.2 Å². The fourth-order valence-corrected chi connectivity index (χ4v) is 1.69. The number of benzene rings is 1. The summed E-state index contributed by atoms with van der Waals surface area (Å²) in [5.41, 5.74) is 7.56. The Morgan fingerprint density at radius 2 is 2.05 bits per heavy atom. The van der Waals surface area contributed by atoms with E-state index in [9.17, 15) is 0 Å². The molecule has 2 rings (SSSR count). The molecular formula is C12H21Cl2N3O2. The summed E-state index contributed by atoms with van der Waals surface area (Å²) < 4.78 is 5.84. The molecule has 0 amide bonds. The van der Waals surface area contributed by atoms with Gasteiger partial charge in [-0.2, -0.15) is 0 Å². The summed E-state index contributed by atoms with van der Waals surface area (Å²) in [6.07, 6.45) is -0.0528. The lowest BCUT2D eigenvalue weighted by Gasteiger charge is -2.17. The van der Waals surface area contributed by atoms with E-state index in [4.69, 9.17) is 10.5 Å². The third-order valence-corrected chi connectivity index (χ3v) is 2.71. The van der Waals surface area contributed by atoms with E-state index in [-0.39, 0.29) is 36.4 Å². The highest BCUT2D eigenvalue weighted by Gasteiger charge is 2.16. The van der Waals surface area contributed by atoms with Crippen LogP contribution in [0.3, 0.4) is 0 Å². The SMILES string of the molecule is Cc1c(N)cccc1OC(C)C1=NCCN1.Cl.Cl.O. The number of nitrogens with zero attached hydrogens (tertiary/aromatic N) is 1. The molecule has 1 unspecified atom stereocenters. The minimum absolute atomic E-state index is 0. The molecular weight excluding hydrogens is 289 g/mol. The number of hydrogen-bond acceptors (Lipinski definition) is 4. The molecule has 0 aromatic heterocycles. The van der Waals surface area contributed by atoms with Crippen LogP contribution in [0.5, 0.6) is 5.75 Å². The first-order valence-corrected chi connectivity index (χ1v) is 5.48. The van der Waals surface area contributed by atoms with E-state index in [1.807, 2.05) is 32.0 Å². The van der Waals surface area contributed by atoms with Crippen LogP contribution in [0, 0.1) is 6.92 Å². The lowest BCUT2D eigenvalue weighted by molar-refractivity contribution is 0.282. The lowest BCUT2D eigenvalue weighted by atomic mass is 10.2. The van der Waals surface area contributed by atoms with Gasteiger partial charge in [0.15, 0.2) is 6.10 Å². The Morgan fingerprint density at radius 3 is 2.63 bits per heavy atom. The number of halogens is 2. The molecule has 1 aromatic rings. The van der Waals surface area contributed by atoms with Gasteiger partial charge >= 0.3 is 0 Å². The van der Waals surface area contributed by atoms with Crippen LogP contribution in [0.15, 0.2) is 23.2 Å². The Labute approximate surface area is 125 Å². The van der Waals surface area contributed by atoms with E-state index < -0.39 is 0 Å². The van der Waals surface area contributed by atoms with Crippen molar-refractivity contribution in [2.24, 2.45) is 4.99 Å². The maximum atomic E-state index is 5.84. The minimum atomic E-state index is -0.0528. The third kappa shape index (κ3) is 4.78. The van der Waals surface area contributed by atoms with Crippen LogP contribution in [-0.4, -0.2) is 30.5 Å². The standard InChI is InChI=1S/C12H17N3O.2ClH.H2O/c1-8-10(13)4-3-5-11(8)16-9(2)12-14-6-7-15-12;;;/h3-5,9H,6-7,13H2,1-2H3,(H,14,15);2*1H;1H2. The second-order valence-corrected chi connectivity index (χ2v) is 3.92. The summed E-state index contributed by atoms with van der Waals surface area (Å²) in [6.45, 7) is 5.68. The second-order valence-electron chi connectivity index (χ2n) is 3.92. The largest absolute Gasteiger partial charge is 0.482 e. The van der Waals surface area contributed by atoms with Gasteiger partial charge in [-0.3, -0.25) is 4.99 Å². The highest BCUT2D eigenvalue weighted by molar-refractivity contribution is 5.87. The van der Waals surface area contributed by atoms with Gasteiger partial charge < -0.3 is 21.3 Å². The smallest absolute Gasteiger partial charge is 0.152 e. The summed E-state index contributed by atoms with van der Waals surface area (Å²) in [5, 5.41) is 3.20. The van der Waals surface area contributed by atoms with Crippen molar-refractivity contribution in [3.8, 4) is 5.75 Å². The molecule has 1 aromatic carbocycles. The fourth-order valence-electron chi connectivity index (χ4n) is 1.69. The van der Waals surface area contributed by atoms with Gasteiger partial charge in [0.2, 0.25) is 0 Å². The molecule has 0 saturated carbocycles. The number of hydrogen-bond donors (Lipinski definition) is 2. The lowest BCUT2D eigenvalue weighted by Crippen LogP contribution is -2.33. The van der Waals surface area contributed by atoms with Crippen LogP contribution in [0.4, 0.5) is 5.69 Å². The monoisotopic (exact) mass is 309 g/mol. The summed E-state index contributed by atoms with van der Waals surface area (Å²) in [6, 6.07) is 5.70.